The molecular formula is C15H19FN2. The second-order valence-corrected chi connectivity index (χ2v) is 5.04. The van der Waals surface area contributed by atoms with Crippen LogP contribution in [0.25, 0.3) is 0 Å². The molecule has 2 nitrogen and oxygen atoms in total. The van der Waals surface area contributed by atoms with Gasteiger partial charge in [0, 0.05) is 18.7 Å². The fourth-order valence-corrected chi connectivity index (χ4v) is 2.66. The highest BCUT2D eigenvalue weighted by atomic mass is 19.1. The Morgan fingerprint density at radius 3 is 3.06 bits per heavy atom. The molecule has 2 rings (SSSR count). The van der Waals surface area contributed by atoms with Crippen LogP contribution in [0.15, 0.2) is 18.2 Å². The van der Waals surface area contributed by atoms with Crippen LogP contribution in [0, 0.1) is 23.1 Å². The van der Waals surface area contributed by atoms with E-state index in [1.54, 1.807) is 12.1 Å². The molecule has 1 aromatic rings. The van der Waals surface area contributed by atoms with Gasteiger partial charge >= 0.3 is 0 Å². The summed E-state index contributed by atoms with van der Waals surface area (Å²) in [6, 6.07) is 6.98. The van der Waals surface area contributed by atoms with Gasteiger partial charge in [0.05, 0.1) is 5.56 Å². The van der Waals surface area contributed by atoms with Crippen molar-refractivity contribution in [2.75, 3.05) is 13.1 Å². The van der Waals surface area contributed by atoms with Gasteiger partial charge in [0.15, 0.2) is 0 Å². The molecule has 1 aliphatic heterocycles. The monoisotopic (exact) mass is 246 g/mol. The summed E-state index contributed by atoms with van der Waals surface area (Å²) >= 11 is 0. The zero-order chi connectivity index (χ0) is 13.0. The van der Waals surface area contributed by atoms with Gasteiger partial charge in [-0.3, -0.25) is 4.90 Å². The lowest BCUT2D eigenvalue weighted by molar-refractivity contribution is 0.163. The van der Waals surface area contributed by atoms with Crippen molar-refractivity contribution in [2.24, 2.45) is 5.92 Å². The lowest BCUT2D eigenvalue weighted by atomic mass is 9.95. The van der Waals surface area contributed by atoms with Crippen molar-refractivity contribution in [1.82, 2.24) is 4.90 Å². The Morgan fingerprint density at radius 1 is 1.50 bits per heavy atom. The van der Waals surface area contributed by atoms with Crippen LogP contribution in [0.2, 0.25) is 0 Å². The van der Waals surface area contributed by atoms with Crippen molar-refractivity contribution in [3.8, 4) is 6.07 Å². The summed E-state index contributed by atoms with van der Waals surface area (Å²) in [5.41, 5.74) is 0.794. The van der Waals surface area contributed by atoms with Crippen molar-refractivity contribution in [2.45, 2.75) is 32.7 Å². The molecular weight excluding hydrogens is 227 g/mol. The summed E-state index contributed by atoms with van der Waals surface area (Å²) in [6.07, 6.45) is 3.67. The van der Waals surface area contributed by atoms with E-state index >= 15 is 0 Å². The average molecular weight is 246 g/mol. The van der Waals surface area contributed by atoms with Crippen LogP contribution in [-0.2, 0) is 6.54 Å². The lowest BCUT2D eigenvalue weighted by Crippen LogP contribution is -2.34. The molecule has 0 aromatic heterocycles. The lowest BCUT2D eigenvalue weighted by Gasteiger charge is -2.32. The van der Waals surface area contributed by atoms with Gasteiger partial charge in [0.25, 0.3) is 0 Å². The SMILES string of the molecule is CCC1CCCN(Cc2cccc(C#N)c2F)C1. The summed E-state index contributed by atoms with van der Waals surface area (Å²) in [7, 11) is 0. The molecule has 1 fully saturated rings. The van der Waals surface area contributed by atoms with Crippen LogP contribution >= 0.6 is 0 Å². The minimum atomic E-state index is -0.348. The summed E-state index contributed by atoms with van der Waals surface area (Å²) in [4.78, 5) is 2.30. The summed E-state index contributed by atoms with van der Waals surface area (Å²) < 4.78 is 14.0. The van der Waals surface area contributed by atoms with Gasteiger partial charge in [-0.25, -0.2) is 4.39 Å². The first kappa shape index (κ1) is 13.0. The minimum absolute atomic E-state index is 0.150. The van der Waals surface area contributed by atoms with Crippen molar-refractivity contribution >= 4 is 0 Å². The maximum atomic E-state index is 14.0. The Balaban J connectivity index is 2.07. The second kappa shape index (κ2) is 5.97. The third kappa shape index (κ3) is 2.88. The number of benzene rings is 1. The van der Waals surface area contributed by atoms with E-state index in [1.165, 1.54) is 25.3 Å². The molecule has 3 heteroatoms. The van der Waals surface area contributed by atoms with E-state index < -0.39 is 0 Å². The Morgan fingerprint density at radius 2 is 2.33 bits per heavy atom. The Hall–Kier alpha value is -1.40. The quantitative estimate of drug-likeness (QED) is 0.818. The average Bonchev–Trinajstić information content (AvgIpc) is 2.41. The predicted molar refractivity (Wildman–Crippen MR) is 69.4 cm³/mol. The standard InChI is InChI=1S/C15H19FN2/c1-2-12-5-4-8-18(10-12)11-14-7-3-6-13(9-17)15(14)16/h3,6-7,12H,2,4-5,8,10-11H2,1H3. The largest absolute Gasteiger partial charge is 0.299 e. The fourth-order valence-electron chi connectivity index (χ4n) is 2.66. The summed E-state index contributed by atoms with van der Waals surface area (Å²) in [5, 5.41) is 8.83. The van der Waals surface area contributed by atoms with Crippen molar-refractivity contribution in [1.29, 1.82) is 5.26 Å². The molecule has 0 aliphatic carbocycles. The number of hydrogen-bond donors (Lipinski definition) is 0. The van der Waals surface area contributed by atoms with Crippen molar-refractivity contribution < 1.29 is 4.39 Å². The first-order valence-corrected chi connectivity index (χ1v) is 6.64. The van der Waals surface area contributed by atoms with E-state index in [4.69, 9.17) is 5.26 Å². The number of hydrogen-bond acceptors (Lipinski definition) is 2. The second-order valence-electron chi connectivity index (χ2n) is 5.04. The molecule has 18 heavy (non-hydrogen) atoms. The molecule has 1 heterocycles. The minimum Gasteiger partial charge on any atom is -0.299 e. The van der Waals surface area contributed by atoms with E-state index in [0.29, 0.717) is 12.1 Å². The number of piperidine rings is 1. The molecule has 0 spiro atoms. The highest BCUT2D eigenvalue weighted by molar-refractivity contribution is 5.34. The number of likely N-dealkylation sites (tertiary alicyclic amines) is 1. The van der Waals surface area contributed by atoms with Crippen LogP contribution in [0.4, 0.5) is 4.39 Å². The zero-order valence-corrected chi connectivity index (χ0v) is 10.8. The molecule has 0 bridgehead atoms. The van der Waals surface area contributed by atoms with Gasteiger partial charge in [-0.15, -0.1) is 0 Å². The Kier molecular flexibility index (Phi) is 4.33. The van der Waals surface area contributed by atoms with E-state index in [2.05, 4.69) is 11.8 Å². The molecule has 0 amide bonds. The fraction of sp³-hybridized carbons (Fsp3) is 0.533. The topological polar surface area (TPSA) is 27.0 Å². The van der Waals surface area contributed by atoms with Crippen LogP contribution in [-0.4, -0.2) is 18.0 Å². The molecule has 1 aromatic carbocycles. The van der Waals surface area contributed by atoms with Gasteiger partial charge in [-0.05, 0) is 31.4 Å². The molecule has 1 aliphatic rings. The van der Waals surface area contributed by atoms with Gasteiger partial charge < -0.3 is 0 Å². The number of rotatable bonds is 3. The third-order valence-corrected chi connectivity index (χ3v) is 3.77. The predicted octanol–water partition coefficient (Wildman–Crippen LogP) is 3.32. The maximum absolute atomic E-state index is 14.0. The Bertz CT molecular complexity index is 450. The zero-order valence-electron chi connectivity index (χ0n) is 10.8. The first-order chi connectivity index (χ1) is 8.74. The van der Waals surface area contributed by atoms with Crippen molar-refractivity contribution in [3.05, 3.63) is 35.1 Å². The Labute approximate surface area is 108 Å². The molecule has 0 saturated carbocycles. The molecule has 0 N–H and O–H groups in total. The van der Waals surface area contributed by atoms with E-state index in [0.717, 1.165) is 19.0 Å². The van der Waals surface area contributed by atoms with Crippen LogP contribution in [0.5, 0.6) is 0 Å². The molecule has 1 unspecified atom stereocenters. The van der Waals surface area contributed by atoms with Gasteiger partial charge in [-0.1, -0.05) is 25.5 Å². The highest BCUT2D eigenvalue weighted by Gasteiger charge is 2.19. The van der Waals surface area contributed by atoms with Gasteiger partial charge in [0.1, 0.15) is 11.9 Å². The number of halogens is 1. The normalized spacial score (nSPS) is 20.6. The maximum Gasteiger partial charge on any atom is 0.145 e. The molecule has 1 saturated heterocycles. The molecule has 1 atom stereocenters. The first-order valence-electron chi connectivity index (χ1n) is 6.64. The third-order valence-electron chi connectivity index (χ3n) is 3.77. The van der Waals surface area contributed by atoms with E-state index in [9.17, 15) is 4.39 Å². The van der Waals surface area contributed by atoms with E-state index in [-0.39, 0.29) is 11.4 Å². The number of nitrogens with zero attached hydrogens (tertiary/aromatic N) is 2. The highest BCUT2D eigenvalue weighted by Crippen LogP contribution is 2.22. The van der Waals surface area contributed by atoms with Crippen LogP contribution in [0.3, 0.4) is 0 Å². The van der Waals surface area contributed by atoms with Crippen LogP contribution < -0.4 is 0 Å². The van der Waals surface area contributed by atoms with Crippen LogP contribution in [0.1, 0.15) is 37.3 Å². The molecule has 96 valence electrons. The number of nitriles is 1. The smallest absolute Gasteiger partial charge is 0.145 e. The summed E-state index contributed by atoms with van der Waals surface area (Å²) in [5.74, 6) is 0.389. The van der Waals surface area contributed by atoms with Gasteiger partial charge in [-0.2, -0.15) is 5.26 Å². The van der Waals surface area contributed by atoms with E-state index in [1.807, 2.05) is 6.07 Å². The summed E-state index contributed by atoms with van der Waals surface area (Å²) in [6.45, 7) is 4.92. The van der Waals surface area contributed by atoms with Gasteiger partial charge in [0.2, 0.25) is 0 Å². The van der Waals surface area contributed by atoms with Crippen molar-refractivity contribution in [3.63, 3.8) is 0 Å². The molecule has 0 radical (unpaired) electrons.